The Morgan fingerprint density at radius 2 is 2.00 bits per heavy atom. The molecule has 6 heteroatoms. The number of benzene rings is 1. The molecule has 0 aliphatic heterocycles. The molecule has 1 heterocycles. The molecule has 0 aliphatic rings. The fourth-order valence-corrected chi connectivity index (χ4v) is 1.33. The molecule has 0 saturated carbocycles. The van der Waals surface area contributed by atoms with Gasteiger partial charge in [-0.25, -0.2) is 4.98 Å². The zero-order valence-electron chi connectivity index (χ0n) is 7.79. The Bertz CT molecular complexity index is 490. The van der Waals surface area contributed by atoms with Gasteiger partial charge in [0.25, 0.3) is 0 Å². The summed E-state index contributed by atoms with van der Waals surface area (Å²) in [6, 6.07) is 6.73. The number of nitrogens with zero attached hydrogens (tertiary/aromatic N) is 1. The molecule has 0 bridgehead atoms. The number of nitrogens with two attached hydrogens (primary N) is 1. The van der Waals surface area contributed by atoms with Gasteiger partial charge in [0.1, 0.15) is 11.6 Å². The second-order valence-electron chi connectivity index (χ2n) is 3.06. The number of hydrogen-bond acceptors (Lipinski definition) is 5. The molecule has 0 saturated heterocycles. The van der Waals surface area contributed by atoms with E-state index >= 15 is 0 Å². The van der Waals surface area contributed by atoms with Crippen molar-refractivity contribution in [2.75, 3.05) is 5.73 Å². The van der Waals surface area contributed by atoms with Crippen molar-refractivity contribution in [3.05, 3.63) is 30.5 Å². The molecule has 1 aromatic heterocycles. The molecule has 0 aliphatic carbocycles. The lowest BCUT2D eigenvalue weighted by Gasteiger charge is -2.05. The molecule has 0 radical (unpaired) electrons. The number of aromatic nitrogens is 1. The third-order valence-corrected chi connectivity index (χ3v) is 1.96. The first-order chi connectivity index (χ1) is 7.15. The highest BCUT2D eigenvalue weighted by atomic mass is 16.6. The predicted octanol–water partition coefficient (Wildman–Crippen LogP) is 0.165. The van der Waals surface area contributed by atoms with Crippen LogP contribution in [0.4, 0.5) is 5.82 Å². The highest BCUT2D eigenvalue weighted by molar-refractivity contribution is 6.33. The summed E-state index contributed by atoms with van der Waals surface area (Å²) in [5.74, 6) is 0.771. The van der Waals surface area contributed by atoms with Crippen molar-refractivity contribution >= 4 is 23.9 Å². The van der Waals surface area contributed by atoms with E-state index in [9.17, 15) is 0 Å². The van der Waals surface area contributed by atoms with Crippen LogP contribution in [-0.2, 0) is 0 Å². The van der Waals surface area contributed by atoms with Gasteiger partial charge in [0.15, 0.2) is 0 Å². The number of fused-ring (bicyclic) bond motifs is 1. The second-order valence-corrected chi connectivity index (χ2v) is 3.06. The van der Waals surface area contributed by atoms with Crippen LogP contribution in [0, 0.1) is 0 Å². The molecule has 5 nitrogen and oxygen atoms in total. The van der Waals surface area contributed by atoms with Gasteiger partial charge in [-0.3, -0.25) is 0 Å². The van der Waals surface area contributed by atoms with Gasteiger partial charge in [0, 0.05) is 11.6 Å². The highest BCUT2D eigenvalue weighted by Gasteiger charge is 2.11. The van der Waals surface area contributed by atoms with Crippen LogP contribution in [0.15, 0.2) is 30.5 Å². The third kappa shape index (κ3) is 2.17. The summed E-state index contributed by atoms with van der Waals surface area (Å²) in [7, 11) is -1.82. The van der Waals surface area contributed by atoms with Crippen LogP contribution in [0.25, 0.3) is 10.8 Å². The maximum atomic E-state index is 8.63. The first-order valence-corrected chi connectivity index (χ1v) is 4.33. The standard InChI is InChI=1S/C9H9BN2O3/c11-9-4-7-3-8(15-10(13)14)2-1-6(7)5-12-9/h1-5,13-14H,(H2,11,12). The highest BCUT2D eigenvalue weighted by Crippen LogP contribution is 2.21. The van der Waals surface area contributed by atoms with Crippen LogP contribution in [0.5, 0.6) is 5.75 Å². The SMILES string of the molecule is Nc1cc2cc(OB(O)O)ccc2cn1. The first kappa shape index (κ1) is 9.76. The second kappa shape index (κ2) is 3.76. The van der Waals surface area contributed by atoms with E-state index in [1.807, 2.05) is 0 Å². The zero-order valence-corrected chi connectivity index (χ0v) is 7.79. The summed E-state index contributed by atoms with van der Waals surface area (Å²) < 4.78 is 4.71. The van der Waals surface area contributed by atoms with Crippen LogP contribution in [-0.4, -0.2) is 22.4 Å². The van der Waals surface area contributed by atoms with E-state index < -0.39 is 7.32 Å². The lowest BCUT2D eigenvalue weighted by atomic mass is 10.1. The lowest BCUT2D eigenvalue weighted by Crippen LogP contribution is -2.20. The summed E-state index contributed by atoms with van der Waals surface area (Å²) >= 11 is 0. The van der Waals surface area contributed by atoms with Gasteiger partial charge in [0.05, 0.1) is 0 Å². The molecule has 76 valence electrons. The Kier molecular flexibility index (Phi) is 2.45. The predicted molar refractivity (Wildman–Crippen MR) is 57.0 cm³/mol. The van der Waals surface area contributed by atoms with E-state index in [2.05, 4.69) is 4.98 Å². The van der Waals surface area contributed by atoms with E-state index in [0.717, 1.165) is 10.8 Å². The minimum Gasteiger partial charge on any atom is -0.512 e. The minimum atomic E-state index is -1.82. The molecule has 4 N–H and O–H groups in total. The Morgan fingerprint density at radius 3 is 2.73 bits per heavy atom. The van der Waals surface area contributed by atoms with Gasteiger partial charge < -0.3 is 20.4 Å². The zero-order chi connectivity index (χ0) is 10.8. The normalized spacial score (nSPS) is 10.3. The van der Waals surface area contributed by atoms with E-state index in [4.69, 9.17) is 20.4 Å². The van der Waals surface area contributed by atoms with Crippen molar-refractivity contribution < 1.29 is 14.7 Å². The van der Waals surface area contributed by atoms with Gasteiger partial charge in [-0.1, -0.05) is 0 Å². The van der Waals surface area contributed by atoms with E-state index in [-0.39, 0.29) is 0 Å². The molecular formula is C9H9BN2O3. The molecule has 0 fully saturated rings. The molecule has 2 rings (SSSR count). The smallest absolute Gasteiger partial charge is 0.512 e. The summed E-state index contributed by atoms with van der Waals surface area (Å²) in [6.45, 7) is 0. The minimum absolute atomic E-state index is 0.364. The van der Waals surface area contributed by atoms with E-state index in [1.165, 1.54) is 0 Å². The number of pyridine rings is 1. The Hall–Kier alpha value is -1.79. The first-order valence-electron chi connectivity index (χ1n) is 4.33. The summed E-state index contributed by atoms with van der Waals surface area (Å²) in [5, 5.41) is 19.0. The Balaban J connectivity index is 2.45. The number of hydrogen-bond donors (Lipinski definition) is 3. The van der Waals surface area contributed by atoms with Gasteiger partial charge in [-0.05, 0) is 29.7 Å². The van der Waals surface area contributed by atoms with Crippen molar-refractivity contribution in [3.8, 4) is 5.75 Å². The molecule has 15 heavy (non-hydrogen) atoms. The van der Waals surface area contributed by atoms with Crippen molar-refractivity contribution in [1.82, 2.24) is 4.98 Å². The van der Waals surface area contributed by atoms with E-state index in [1.54, 1.807) is 30.5 Å². The quantitative estimate of drug-likeness (QED) is 0.606. The average molecular weight is 204 g/mol. The maximum Gasteiger partial charge on any atom is 0.707 e. The average Bonchev–Trinajstić information content (AvgIpc) is 2.16. The van der Waals surface area contributed by atoms with Crippen LogP contribution in [0.1, 0.15) is 0 Å². The van der Waals surface area contributed by atoms with Crippen LogP contribution in [0.2, 0.25) is 0 Å². The monoisotopic (exact) mass is 204 g/mol. The molecule has 0 amide bonds. The number of anilines is 1. The van der Waals surface area contributed by atoms with Gasteiger partial charge in [-0.2, -0.15) is 0 Å². The van der Waals surface area contributed by atoms with Gasteiger partial charge in [-0.15, -0.1) is 0 Å². The maximum absolute atomic E-state index is 8.63. The van der Waals surface area contributed by atoms with Crippen LogP contribution >= 0.6 is 0 Å². The topological polar surface area (TPSA) is 88.6 Å². The molecule has 0 atom stereocenters. The Labute approximate surface area is 86.3 Å². The van der Waals surface area contributed by atoms with Crippen LogP contribution < -0.4 is 10.4 Å². The fraction of sp³-hybridized carbons (Fsp3) is 0. The van der Waals surface area contributed by atoms with Crippen molar-refractivity contribution in [1.29, 1.82) is 0 Å². The number of nitrogen functional groups attached to an aromatic ring is 1. The molecule has 2 aromatic rings. The fourth-order valence-electron chi connectivity index (χ4n) is 1.33. The van der Waals surface area contributed by atoms with Gasteiger partial charge in [0.2, 0.25) is 0 Å². The molecule has 0 unspecified atom stereocenters. The lowest BCUT2D eigenvalue weighted by molar-refractivity contribution is 0.288. The van der Waals surface area contributed by atoms with E-state index in [0.29, 0.717) is 11.6 Å². The summed E-state index contributed by atoms with van der Waals surface area (Å²) in [4.78, 5) is 3.94. The van der Waals surface area contributed by atoms with Crippen molar-refractivity contribution in [2.24, 2.45) is 0 Å². The summed E-state index contributed by atoms with van der Waals surface area (Å²) in [5.41, 5.74) is 5.52. The largest absolute Gasteiger partial charge is 0.707 e. The Morgan fingerprint density at radius 1 is 1.20 bits per heavy atom. The molecule has 1 aromatic carbocycles. The summed E-state index contributed by atoms with van der Waals surface area (Å²) in [6.07, 6.45) is 1.64. The van der Waals surface area contributed by atoms with Crippen LogP contribution in [0.3, 0.4) is 0 Å². The molecular weight excluding hydrogens is 195 g/mol. The third-order valence-electron chi connectivity index (χ3n) is 1.96. The van der Waals surface area contributed by atoms with Gasteiger partial charge >= 0.3 is 7.32 Å². The molecule has 0 spiro atoms. The number of rotatable bonds is 2. The van der Waals surface area contributed by atoms with Crippen molar-refractivity contribution in [2.45, 2.75) is 0 Å². The van der Waals surface area contributed by atoms with Crippen molar-refractivity contribution in [3.63, 3.8) is 0 Å².